The van der Waals surface area contributed by atoms with Crippen LogP contribution in [0.1, 0.15) is 29.8 Å². The second kappa shape index (κ2) is 5.50. The van der Waals surface area contributed by atoms with Crippen LogP contribution in [0.4, 0.5) is 0 Å². The third-order valence-corrected chi connectivity index (χ3v) is 4.44. The van der Waals surface area contributed by atoms with Gasteiger partial charge >= 0.3 is 0 Å². The van der Waals surface area contributed by atoms with Crippen LogP contribution in [-0.2, 0) is 0 Å². The van der Waals surface area contributed by atoms with Crippen molar-refractivity contribution in [2.24, 2.45) is 4.99 Å². The average molecular weight is 313 g/mol. The Hall–Kier alpha value is -2.26. The normalized spacial score (nSPS) is 20.9. The second-order valence-corrected chi connectivity index (χ2v) is 6.67. The minimum Gasteiger partial charge on any atom is -0.483 e. The molecule has 0 N–H and O–H groups in total. The first kappa shape index (κ1) is 14.7. The van der Waals surface area contributed by atoms with Crippen LogP contribution < -0.4 is 4.74 Å². The SMILES string of the molecule is CC1(C)C=C(N2CCS/C2=N/C#N)c2cc(C=O)ccc2O1. The highest BCUT2D eigenvalue weighted by atomic mass is 32.2. The van der Waals surface area contributed by atoms with Crippen LogP contribution in [0.25, 0.3) is 5.70 Å². The fraction of sp³-hybridized carbons (Fsp3) is 0.312. The monoisotopic (exact) mass is 313 g/mol. The Morgan fingerprint density at radius 1 is 1.50 bits per heavy atom. The topological polar surface area (TPSA) is 65.7 Å². The van der Waals surface area contributed by atoms with Crippen LogP contribution in [-0.4, -0.2) is 34.3 Å². The largest absolute Gasteiger partial charge is 0.483 e. The van der Waals surface area contributed by atoms with Gasteiger partial charge in [-0.2, -0.15) is 5.26 Å². The van der Waals surface area contributed by atoms with Crippen LogP contribution in [0, 0.1) is 11.5 Å². The van der Waals surface area contributed by atoms with E-state index in [1.807, 2.05) is 43.1 Å². The predicted molar refractivity (Wildman–Crippen MR) is 86.7 cm³/mol. The summed E-state index contributed by atoms with van der Waals surface area (Å²) in [4.78, 5) is 17.0. The molecule has 0 aromatic heterocycles. The highest BCUT2D eigenvalue weighted by Crippen LogP contribution is 2.40. The molecule has 0 atom stereocenters. The molecule has 5 nitrogen and oxygen atoms in total. The lowest BCUT2D eigenvalue weighted by atomic mass is 9.97. The van der Waals surface area contributed by atoms with Gasteiger partial charge in [-0.05, 0) is 38.1 Å². The van der Waals surface area contributed by atoms with Crippen molar-refractivity contribution in [1.82, 2.24) is 4.90 Å². The van der Waals surface area contributed by atoms with Gasteiger partial charge in [-0.15, -0.1) is 4.99 Å². The number of benzene rings is 1. The third-order valence-electron chi connectivity index (χ3n) is 3.49. The number of amidine groups is 1. The van der Waals surface area contributed by atoms with Crippen molar-refractivity contribution in [2.75, 3.05) is 12.3 Å². The van der Waals surface area contributed by atoms with Crippen molar-refractivity contribution in [1.29, 1.82) is 5.26 Å². The van der Waals surface area contributed by atoms with Crippen molar-refractivity contribution in [3.63, 3.8) is 0 Å². The number of carbonyl (C=O) groups excluding carboxylic acids is 1. The Labute approximate surface area is 133 Å². The van der Waals surface area contributed by atoms with E-state index >= 15 is 0 Å². The summed E-state index contributed by atoms with van der Waals surface area (Å²) in [5, 5.41) is 9.54. The molecule has 1 aromatic rings. The van der Waals surface area contributed by atoms with Crippen LogP contribution in [0.2, 0.25) is 0 Å². The maximum absolute atomic E-state index is 11.1. The minimum absolute atomic E-state index is 0.462. The Morgan fingerprint density at radius 3 is 3.05 bits per heavy atom. The quantitative estimate of drug-likeness (QED) is 0.620. The van der Waals surface area contributed by atoms with Gasteiger partial charge in [0.1, 0.15) is 17.6 Å². The van der Waals surface area contributed by atoms with E-state index in [0.717, 1.165) is 35.6 Å². The number of aldehydes is 1. The Bertz CT molecular complexity index is 731. The highest BCUT2D eigenvalue weighted by Gasteiger charge is 2.33. The molecular formula is C16H15N3O2S. The summed E-state index contributed by atoms with van der Waals surface area (Å²) >= 11 is 1.56. The molecule has 0 spiro atoms. The van der Waals surface area contributed by atoms with E-state index < -0.39 is 5.60 Å². The van der Waals surface area contributed by atoms with Gasteiger partial charge in [-0.3, -0.25) is 4.79 Å². The summed E-state index contributed by atoms with van der Waals surface area (Å²) in [5.74, 6) is 1.61. The van der Waals surface area contributed by atoms with Crippen molar-refractivity contribution in [3.8, 4) is 11.9 Å². The van der Waals surface area contributed by atoms with Crippen LogP contribution in [0.3, 0.4) is 0 Å². The molecule has 0 unspecified atom stereocenters. The van der Waals surface area contributed by atoms with Gasteiger partial charge in [-0.25, -0.2) is 0 Å². The van der Waals surface area contributed by atoms with Crippen LogP contribution >= 0.6 is 11.8 Å². The second-order valence-electron chi connectivity index (χ2n) is 5.60. The number of carbonyl (C=O) groups is 1. The smallest absolute Gasteiger partial charge is 0.208 e. The molecule has 1 aromatic carbocycles. The predicted octanol–water partition coefficient (Wildman–Crippen LogP) is 2.90. The van der Waals surface area contributed by atoms with Crippen LogP contribution in [0.15, 0.2) is 29.3 Å². The Kier molecular flexibility index (Phi) is 3.67. The molecule has 0 radical (unpaired) electrons. The number of hydrogen-bond acceptors (Lipinski definition) is 5. The van der Waals surface area contributed by atoms with Gasteiger partial charge in [0.25, 0.3) is 0 Å². The summed E-state index contributed by atoms with van der Waals surface area (Å²) in [6, 6.07) is 5.38. The van der Waals surface area contributed by atoms with E-state index in [1.54, 1.807) is 17.8 Å². The lowest BCUT2D eigenvalue weighted by Crippen LogP contribution is -2.34. The average Bonchev–Trinajstić information content (AvgIpc) is 2.93. The lowest BCUT2D eigenvalue weighted by Gasteiger charge is -2.34. The summed E-state index contributed by atoms with van der Waals surface area (Å²) in [7, 11) is 0. The molecule has 0 bridgehead atoms. The molecule has 0 aliphatic carbocycles. The van der Waals surface area contributed by atoms with Gasteiger partial charge in [0.2, 0.25) is 6.19 Å². The lowest BCUT2D eigenvalue weighted by molar-refractivity contribution is 0.112. The summed E-state index contributed by atoms with van der Waals surface area (Å²) in [6.45, 7) is 4.74. The molecule has 1 fully saturated rings. The van der Waals surface area contributed by atoms with Crippen molar-refractivity contribution < 1.29 is 9.53 Å². The molecule has 2 heterocycles. The Balaban J connectivity index is 2.13. The molecule has 0 amide bonds. The molecule has 112 valence electrons. The van der Waals surface area contributed by atoms with Crippen LogP contribution in [0.5, 0.6) is 5.75 Å². The van der Waals surface area contributed by atoms with Gasteiger partial charge < -0.3 is 9.64 Å². The summed E-state index contributed by atoms with van der Waals surface area (Å²) < 4.78 is 5.97. The van der Waals surface area contributed by atoms with Gasteiger partial charge in [0.05, 0.1) is 5.70 Å². The van der Waals surface area contributed by atoms with Gasteiger partial charge in [-0.1, -0.05) is 11.8 Å². The molecule has 3 rings (SSSR count). The van der Waals surface area contributed by atoms with E-state index in [-0.39, 0.29) is 0 Å². The first-order valence-electron chi connectivity index (χ1n) is 6.93. The maximum atomic E-state index is 11.1. The van der Waals surface area contributed by atoms with Gasteiger partial charge in [0.15, 0.2) is 5.17 Å². The van der Waals surface area contributed by atoms with E-state index in [4.69, 9.17) is 10.00 Å². The van der Waals surface area contributed by atoms with E-state index in [9.17, 15) is 4.79 Å². The summed E-state index contributed by atoms with van der Waals surface area (Å²) in [5.41, 5.74) is 1.93. The zero-order valence-electron chi connectivity index (χ0n) is 12.4. The first-order valence-corrected chi connectivity index (χ1v) is 7.91. The zero-order valence-corrected chi connectivity index (χ0v) is 13.2. The fourth-order valence-electron chi connectivity index (χ4n) is 2.61. The number of fused-ring (bicyclic) bond motifs is 1. The Morgan fingerprint density at radius 2 is 2.32 bits per heavy atom. The number of nitriles is 1. The van der Waals surface area contributed by atoms with Crippen molar-refractivity contribution >= 4 is 28.9 Å². The fourth-order valence-corrected chi connectivity index (χ4v) is 3.52. The molecule has 0 saturated carbocycles. The van der Waals surface area contributed by atoms with Gasteiger partial charge in [0, 0.05) is 23.4 Å². The summed E-state index contributed by atoms with van der Waals surface area (Å²) in [6.07, 6.45) is 4.69. The molecule has 22 heavy (non-hydrogen) atoms. The molecule has 2 aliphatic rings. The highest BCUT2D eigenvalue weighted by molar-refractivity contribution is 8.14. The number of ether oxygens (including phenoxy) is 1. The number of hydrogen-bond donors (Lipinski definition) is 0. The first-order chi connectivity index (χ1) is 10.5. The number of aliphatic imine (C=N–C) groups is 1. The standard InChI is InChI=1S/C16H15N3O2S/c1-16(2)8-13(19-5-6-22-15(19)18-10-17)12-7-11(9-20)3-4-14(12)21-16/h3-4,7-9H,5-6H2,1-2H3/b18-15+. The minimum atomic E-state index is -0.462. The molecule has 2 aliphatic heterocycles. The zero-order chi connectivity index (χ0) is 15.7. The molecule has 6 heteroatoms. The number of nitrogens with zero attached hydrogens (tertiary/aromatic N) is 3. The van der Waals surface area contributed by atoms with Crippen molar-refractivity contribution in [2.45, 2.75) is 19.4 Å². The number of thioether (sulfide) groups is 1. The molecule has 1 saturated heterocycles. The van der Waals surface area contributed by atoms with Crippen molar-refractivity contribution in [3.05, 3.63) is 35.4 Å². The van der Waals surface area contributed by atoms with E-state index in [1.165, 1.54) is 0 Å². The van der Waals surface area contributed by atoms with E-state index in [2.05, 4.69) is 4.99 Å². The number of rotatable bonds is 2. The third kappa shape index (κ3) is 2.60. The molecular weight excluding hydrogens is 298 g/mol. The maximum Gasteiger partial charge on any atom is 0.208 e. The van der Waals surface area contributed by atoms with E-state index in [0.29, 0.717) is 10.7 Å².